The Morgan fingerprint density at radius 2 is 2.17 bits per heavy atom. The van der Waals surface area contributed by atoms with Crippen molar-refractivity contribution in [3.63, 3.8) is 0 Å². The third-order valence-electron chi connectivity index (χ3n) is 1.41. The lowest BCUT2D eigenvalue weighted by atomic mass is 10.3. The van der Waals surface area contributed by atoms with Gasteiger partial charge in [-0.25, -0.2) is 0 Å². The van der Waals surface area contributed by atoms with Gasteiger partial charge in [-0.3, -0.25) is 0 Å². The van der Waals surface area contributed by atoms with Crippen molar-refractivity contribution >= 4 is 22.6 Å². The van der Waals surface area contributed by atoms with Crippen LogP contribution in [0.25, 0.3) is 0 Å². The van der Waals surface area contributed by atoms with Crippen molar-refractivity contribution in [1.29, 1.82) is 0 Å². The van der Waals surface area contributed by atoms with Crippen LogP contribution in [0.2, 0.25) is 0 Å². The molecule has 64 valence electrons. The van der Waals surface area contributed by atoms with Crippen LogP contribution in [0.3, 0.4) is 0 Å². The minimum Gasteiger partial charge on any atom is -0.488 e. The van der Waals surface area contributed by atoms with Gasteiger partial charge in [-0.15, -0.1) is 0 Å². The first-order valence-electron chi connectivity index (χ1n) is 3.83. The van der Waals surface area contributed by atoms with Gasteiger partial charge in [-0.2, -0.15) is 0 Å². The Bertz CT molecular complexity index is 268. The molecule has 0 N–H and O–H groups in total. The molecule has 1 nitrogen and oxygen atoms in total. The summed E-state index contributed by atoms with van der Waals surface area (Å²) in [4.78, 5) is 0. The molecule has 0 heterocycles. The third kappa shape index (κ3) is 2.85. The van der Waals surface area contributed by atoms with E-state index in [0.717, 1.165) is 9.32 Å². The summed E-state index contributed by atoms with van der Waals surface area (Å²) >= 11 is 2.26. The fourth-order valence-electron chi connectivity index (χ4n) is 0.796. The maximum Gasteiger partial charge on any atom is 0.133 e. The van der Waals surface area contributed by atoms with E-state index in [2.05, 4.69) is 22.6 Å². The quantitative estimate of drug-likeness (QED) is 0.607. The van der Waals surface area contributed by atoms with Crippen LogP contribution in [0.4, 0.5) is 0 Å². The summed E-state index contributed by atoms with van der Waals surface area (Å²) in [6, 6.07) is 7.99. The van der Waals surface area contributed by atoms with Gasteiger partial charge in [0.25, 0.3) is 0 Å². The minimum absolute atomic E-state index is 0.649. The molecule has 0 fully saturated rings. The average molecular weight is 274 g/mol. The summed E-state index contributed by atoms with van der Waals surface area (Å²) in [5.74, 6) is 0.955. The molecule has 0 aliphatic heterocycles. The van der Waals surface area contributed by atoms with Gasteiger partial charge in [-0.1, -0.05) is 24.3 Å². The molecule has 0 saturated carbocycles. The molecule has 0 aromatic heterocycles. The Morgan fingerprint density at radius 3 is 2.83 bits per heavy atom. The molecule has 0 radical (unpaired) electrons. The number of hydrogen-bond acceptors (Lipinski definition) is 1. The number of rotatable bonds is 3. The number of ether oxygens (including phenoxy) is 1. The second kappa shape index (κ2) is 5.19. The number of benzene rings is 1. The van der Waals surface area contributed by atoms with E-state index < -0.39 is 0 Å². The maximum absolute atomic E-state index is 5.48. The summed E-state index contributed by atoms with van der Waals surface area (Å²) in [7, 11) is 0. The zero-order chi connectivity index (χ0) is 8.81. The first kappa shape index (κ1) is 9.58. The Morgan fingerprint density at radius 1 is 1.42 bits per heavy atom. The molecule has 0 amide bonds. The van der Waals surface area contributed by atoms with E-state index >= 15 is 0 Å². The zero-order valence-corrected chi connectivity index (χ0v) is 9.11. The Kier molecular flexibility index (Phi) is 4.14. The molecule has 0 spiro atoms. The highest BCUT2D eigenvalue weighted by atomic mass is 127. The number of para-hydroxylation sites is 1. The predicted molar refractivity (Wildman–Crippen MR) is 59.5 cm³/mol. The van der Waals surface area contributed by atoms with Crippen molar-refractivity contribution in [2.75, 3.05) is 6.61 Å². The standard InChI is InChI=1S/C10H11IO/c1-2-3-8-12-10-7-5-4-6-9(10)11/h2-7H,8H2,1H3. The van der Waals surface area contributed by atoms with Crippen LogP contribution in [-0.2, 0) is 0 Å². The number of halogens is 1. The van der Waals surface area contributed by atoms with Gasteiger partial charge in [0.15, 0.2) is 0 Å². The molecule has 1 aromatic carbocycles. The van der Waals surface area contributed by atoms with Gasteiger partial charge in [0.05, 0.1) is 3.57 Å². The lowest BCUT2D eigenvalue weighted by molar-refractivity contribution is 0.360. The molecule has 1 rings (SSSR count). The second-order valence-corrected chi connectivity index (χ2v) is 3.47. The normalized spacial score (nSPS) is 10.5. The number of allylic oxidation sites excluding steroid dienone is 1. The monoisotopic (exact) mass is 274 g/mol. The molecular weight excluding hydrogens is 263 g/mol. The van der Waals surface area contributed by atoms with Crippen LogP contribution in [0.1, 0.15) is 6.92 Å². The SMILES string of the molecule is CC=CCOc1ccccc1I. The summed E-state index contributed by atoms with van der Waals surface area (Å²) < 4.78 is 6.64. The molecule has 0 unspecified atom stereocenters. The molecule has 0 bridgehead atoms. The van der Waals surface area contributed by atoms with Crippen LogP contribution >= 0.6 is 22.6 Å². The highest BCUT2D eigenvalue weighted by molar-refractivity contribution is 14.1. The van der Waals surface area contributed by atoms with Gasteiger partial charge in [0.1, 0.15) is 12.4 Å². The van der Waals surface area contributed by atoms with Gasteiger partial charge in [0, 0.05) is 0 Å². The van der Waals surface area contributed by atoms with Crippen LogP contribution in [-0.4, -0.2) is 6.61 Å². The van der Waals surface area contributed by atoms with Crippen LogP contribution in [0.5, 0.6) is 5.75 Å². The molecular formula is C10H11IO. The molecule has 1 aromatic rings. The van der Waals surface area contributed by atoms with E-state index in [1.165, 1.54) is 0 Å². The van der Waals surface area contributed by atoms with Crippen molar-refractivity contribution in [1.82, 2.24) is 0 Å². The van der Waals surface area contributed by atoms with Crippen LogP contribution in [0.15, 0.2) is 36.4 Å². The molecule has 0 aliphatic rings. The van der Waals surface area contributed by atoms with Crippen molar-refractivity contribution < 1.29 is 4.74 Å². The third-order valence-corrected chi connectivity index (χ3v) is 2.30. The summed E-state index contributed by atoms with van der Waals surface area (Å²) in [5.41, 5.74) is 0. The largest absolute Gasteiger partial charge is 0.488 e. The molecule has 2 heteroatoms. The highest BCUT2D eigenvalue weighted by Gasteiger charge is 1.95. The van der Waals surface area contributed by atoms with Gasteiger partial charge < -0.3 is 4.74 Å². The van der Waals surface area contributed by atoms with Crippen LogP contribution in [0, 0.1) is 3.57 Å². The molecule has 12 heavy (non-hydrogen) atoms. The Hall–Kier alpha value is -0.510. The lowest BCUT2D eigenvalue weighted by Gasteiger charge is -2.04. The minimum atomic E-state index is 0.649. The summed E-state index contributed by atoms with van der Waals surface area (Å²) in [5, 5.41) is 0. The smallest absolute Gasteiger partial charge is 0.133 e. The molecule has 0 aliphatic carbocycles. The van der Waals surface area contributed by atoms with Crippen molar-refractivity contribution in [3.05, 3.63) is 40.0 Å². The van der Waals surface area contributed by atoms with E-state index in [9.17, 15) is 0 Å². The first-order chi connectivity index (χ1) is 5.84. The number of hydrogen-bond donors (Lipinski definition) is 0. The fraction of sp³-hybridized carbons (Fsp3) is 0.200. The van der Waals surface area contributed by atoms with E-state index in [-0.39, 0.29) is 0 Å². The lowest BCUT2D eigenvalue weighted by Crippen LogP contribution is -1.94. The maximum atomic E-state index is 5.48. The average Bonchev–Trinajstić information content (AvgIpc) is 2.09. The molecule has 0 saturated heterocycles. The first-order valence-corrected chi connectivity index (χ1v) is 4.91. The van der Waals surface area contributed by atoms with E-state index in [4.69, 9.17) is 4.74 Å². The van der Waals surface area contributed by atoms with Crippen molar-refractivity contribution in [2.45, 2.75) is 6.92 Å². The summed E-state index contributed by atoms with van der Waals surface area (Å²) in [6.07, 6.45) is 3.97. The Balaban J connectivity index is 2.57. The van der Waals surface area contributed by atoms with E-state index in [0.29, 0.717) is 6.61 Å². The van der Waals surface area contributed by atoms with Gasteiger partial charge in [-0.05, 0) is 41.6 Å². The van der Waals surface area contributed by atoms with Crippen LogP contribution < -0.4 is 4.74 Å². The van der Waals surface area contributed by atoms with Gasteiger partial charge >= 0.3 is 0 Å². The zero-order valence-electron chi connectivity index (χ0n) is 6.96. The Labute approximate surface area is 86.6 Å². The summed E-state index contributed by atoms with van der Waals surface area (Å²) in [6.45, 7) is 2.63. The van der Waals surface area contributed by atoms with E-state index in [1.54, 1.807) is 0 Å². The topological polar surface area (TPSA) is 9.23 Å². The highest BCUT2D eigenvalue weighted by Crippen LogP contribution is 2.19. The molecule has 0 atom stereocenters. The van der Waals surface area contributed by atoms with Crippen molar-refractivity contribution in [2.24, 2.45) is 0 Å². The van der Waals surface area contributed by atoms with Gasteiger partial charge in [0.2, 0.25) is 0 Å². The van der Waals surface area contributed by atoms with E-state index in [1.807, 2.05) is 43.3 Å². The predicted octanol–water partition coefficient (Wildman–Crippen LogP) is 3.25. The second-order valence-electron chi connectivity index (χ2n) is 2.31. The van der Waals surface area contributed by atoms with Crippen molar-refractivity contribution in [3.8, 4) is 5.75 Å². The fourth-order valence-corrected chi connectivity index (χ4v) is 1.34.